The Bertz CT molecular complexity index is 594. The summed E-state index contributed by atoms with van der Waals surface area (Å²) in [6.07, 6.45) is 1.01. The van der Waals surface area contributed by atoms with Gasteiger partial charge >= 0.3 is 0 Å². The molecule has 0 saturated carbocycles. The van der Waals surface area contributed by atoms with Crippen molar-refractivity contribution >= 4 is 11.4 Å². The van der Waals surface area contributed by atoms with Gasteiger partial charge in [0, 0.05) is 12.1 Å². The number of rotatable bonds is 5. The van der Waals surface area contributed by atoms with Crippen molar-refractivity contribution in [1.29, 1.82) is 0 Å². The van der Waals surface area contributed by atoms with Crippen LogP contribution in [0.1, 0.15) is 31.0 Å². The van der Waals surface area contributed by atoms with Crippen LogP contribution in [0.2, 0.25) is 0 Å². The van der Waals surface area contributed by atoms with Crippen LogP contribution in [0.5, 0.6) is 0 Å². The highest BCUT2D eigenvalue weighted by atomic mass is 16.6. The molecule has 0 fully saturated rings. The largest absolute Gasteiger partial charge is 0.373 e. The number of nitro groups is 1. The standard InChI is InChI=1S/C16H18N2O2/c1-3-13-8-10-14(11-9-13)12(2)17-15-6-4-5-7-16(15)18(19)20/h4-12,17H,3H2,1-2H3. The number of nitrogens with zero attached hydrogens (tertiary/aromatic N) is 1. The Balaban J connectivity index is 2.18. The summed E-state index contributed by atoms with van der Waals surface area (Å²) in [5.74, 6) is 0. The summed E-state index contributed by atoms with van der Waals surface area (Å²) >= 11 is 0. The van der Waals surface area contributed by atoms with Crippen molar-refractivity contribution in [3.05, 3.63) is 69.8 Å². The van der Waals surface area contributed by atoms with Crippen LogP contribution in [0, 0.1) is 10.1 Å². The van der Waals surface area contributed by atoms with Crippen molar-refractivity contribution in [1.82, 2.24) is 0 Å². The summed E-state index contributed by atoms with van der Waals surface area (Å²) < 4.78 is 0. The minimum absolute atomic E-state index is 0.0157. The first kappa shape index (κ1) is 14.1. The van der Waals surface area contributed by atoms with Crippen molar-refractivity contribution in [3.8, 4) is 0 Å². The number of benzene rings is 2. The molecule has 1 atom stereocenters. The fourth-order valence-corrected chi connectivity index (χ4v) is 2.11. The van der Waals surface area contributed by atoms with Crippen molar-refractivity contribution in [3.63, 3.8) is 0 Å². The lowest BCUT2D eigenvalue weighted by Crippen LogP contribution is -2.08. The van der Waals surface area contributed by atoms with Gasteiger partial charge in [0.1, 0.15) is 5.69 Å². The zero-order valence-electron chi connectivity index (χ0n) is 11.7. The highest BCUT2D eigenvalue weighted by Crippen LogP contribution is 2.27. The van der Waals surface area contributed by atoms with Crippen LogP contribution in [0.15, 0.2) is 48.5 Å². The maximum absolute atomic E-state index is 11.0. The third-order valence-corrected chi connectivity index (χ3v) is 3.36. The molecular formula is C16H18N2O2. The first-order valence-electron chi connectivity index (χ1n) is 6.70. The monoisotopic (exact) mass is 270 g/mol. The summed E-state index contributed by atoms with van der Waals surface area (Å²) in [6.45, 7) is 4.11. The van der Waals surface area contributed by atoms with Crippen molar-refractivity contribution < 1.29 is 4.92 Å². The summed E-state index contributed by atoms with van der Waals surface area (Å²) in [5.41, 5.74) is 3.04. The van der Waals surface area contributed by atoms with Gasteiger partial charge in [0.25, 0.3) is 5.69 Å². The van der Waals surface area contributed by atoms with Gasteiger partial charge < -0.3 is 5.32 Å². The highest BCUT2D eigenvalue weighted by molar-refractivity contribution is 5.62. The Kier molecular flexibility index (Phi) is 4.35. The number of hydrogen-bond donors (Lipinski definition) is 1. The van der Waals surface area contributed by atoms with E-state index in [-0.39, 0.29) is 16.7 Å². The minimum Gasteiger partial charge on any atom is -0.373 e. The lowest BCUT2D eigenvalue weighted by atomic mass is 10.0. The van der Waals surface area contributed by atoms with E-state index in [1.807, 2.05) is 6.92 Å². The van der Waals surface area contributed by atoms with Gasteiger partial charge in [-0.25, -0.2) is 0 Å². The molecule has 0 aliphatic carbocycles. The van der Waals surface area contributed by atoms with Crippen LogP contribution in [-0.2, 0) is 6.42 Å². The number of para-hydroxylation sites is 2. The zero-order chi connectivity index (χ0) is 14.5. The molecule has 104 valence electrons. The summed E-state index contributed by atoms with van der Waals surface area (Å²) in [7, 11) is 0. The molecule has 2 aromatic rings. The van der Waals surface area contributed by atoms with Crippen molar-refractivity contribution in [2.45, 2.75) is 26.3 Å². The maximum atomic E-state index is 11.0. The fraction of sp³-hybridized carbons (Fsp3) is 0.250. The second-order valence-corrected chi connectivity index (χ2v) is 4.74. The maximum Gasteiger partial charge on any atom is 0.292 e. The first-order valence-corrected chi connectivity index (χ1v) is 6.70. The molecule has 0 radical (unpaired) electrons. The highest BCUT2D eigenvalue weighted by Gasteiger charge is 2.14. The molecule has 2 aromatic carbocycles. The molecule has 20 heavy (non-hydrogen) atoms. The summed E-state index contributed by atoms with van der Waals surface area (Å²) in [4.78, 5) is 10.6. The second-order valence-electron chi connectivity index (χ2n) is 4.74. The van der Waals surface area contributed by atoms with E-state index in [0.717, 1.165) is 12.0 Å². The van der Waals surface area contributed by atoms with E-state index in [0.29, 0.717) is 5.69 Å². The molecule has 2 rings (SSSR count). The van der Waals surface area contributed by atoms with E-state index < -0.39 is 0 Å². The number of nitrogens with one attached hydrogen (secondary N) is 1. The normalized spacial score (nSPS) is 11.9. The Morgan fingerprint density at radius 1 is 1.15 bits per heavy atom. The summed E-state index contributed by atoms with van der Waals surface area (Å²) in [5, 5.41) is 14.2. The van der Waals surface area contributed by atoms with E-state index in [4.69, 9.17) is 0 Å². The molecule has 0 amide bonds. The number of anilines is 1. The van der Waals surface area contributed by atoms with Gasteiger partial charge in [0.15, 0.2) is 0 Å². The van der Waals surface area contributed by atoms with E-state index in [9.17, 15) is 10.1 Å². The molecule has 0 saturated heterocycles. The lowest BCUT2D eigenvalue weighted by Gasteiger charge is -2.16. The van der Waals surface area contributed by atoms with Gasteiger partial charge in [-0.05, 0) is 30.5 Å². The minimum atomic E-state index is -0.366. The lowest BCUT2D eigenvalue weighted by molar-refractivity contribution is -0.384. The second kappa shape index (κ2) is 6.19. The van der Waals surface area contributed by atoms with E-state index in [1.165, 1.54) is 11.6 Å². The molecule has 0 bridgehead atoms. The molecule has 1 N–H and O–H groups in total. The average Bonchev–Trinajstić information content (AvgIpc) is 2.47. The molecule has 0 heterocycles. The third-order valence-electron chi connectivity index (χ3n) is 3.36. The van der Waals surface area contributed by atoms with Gasteiger partial charge in [0.05, 0.1) is 4.92 Å². The molecule has 0 spiro atoms. The van der Waals surface area contributed by atoms with E-state index >= 15 is 0 Å². The van der Waals surface area contributed by atoms with Gasteiger partial charge in [0.2, 0.25) is 0 Å². The van der Waals surface area contributed by atoms with Crippen LogP contribution in [0.25, 0.3) is 0 Å². The first-order chi connectivity index (χ1) is 9.61. The van der Waals surface area contributed by atoms with Gasteiger partial charge in [-0.3, -0.25) is 10.1 Å². The summed E-state index contributed by atoms with van der Waals surface area (Å²) in [6, 6.07) is 15.0. The molecular weight excluding hydrogens is 252 g/mol. The molecule has 0 aliphatic heterocycles. The number of hydrogen-bond acceptors (Lipinski definition) is 3. The van der Waals surface area contributed by atoms with Crippen LogP contribution in [-0.4, -0.2) is 4.92 Å². The van der Waals surface area contributed by atoms with Crippen molar-refractivity contribution in [2.24, 2.45) is 0 Å². The Hall–Kier alpha value is -2.36. The number of nitro benzene ring substituents is 1. The van der Waals surface area contributed by atoms with Crippen LogP contribution in [0.3, 0.4) is 0 Å². The molecule has 0 aliphatic rings. The van der Waals surface area contributed by atoms with Crippen LogP contribution < -0.4 is 5.32 Å². The van der Waals surface area contributed by atoms with Crippen LogP contribution in [0.4, 0.5) is 11.4 Å². The Morgan fingerprint density at radius 3 is 2.40 bits per heavy atom. The SMILES string of the molecule is CCc1ccc(C(C)Nc2ccccc2[N+](=O)[O-])cc1. The van der Waals surface area contributed by atoms with Gasteiger partial charge in [-0.15, -0.1) is 0 Å². The Labute approximate surface area is 118 Å². The fourth-order valence-electron chi connectivity index (χ4n) is 2.11. The molecule has 0 aromatic heterocycles. The predicted molar refractivity (Wildman–Crippen MR) is 81.0 cm³/mol. The molecule has 1 unspecified atom stereocenters. The van der Waals surface area contributed by atoms with Crippen molar-refractivity contribution in [2.75, 3.05) is 5.32 Å². The van der Waals surface area contributed by atoms with Gasteiger partial charge in [-0.1, -0.05) is 43.3 Å². The van der Waals surface area contributed by atoms with Crippen LogP contribution >= 0.6 is 0 Å². The molecule has 4 heteroatoms. The number of aryl methyl sites for hydroxylation is 1. The smallest absolute Gasteiger partial charge is 0.292 e. The molecule has 4 nitrogen and oxygen atoms in total. The average molecular weight is 270 g/mol. The van der Waals surface area contributed by atoms with E-state index in [1.54, 1.807) is 18.2 Å². The van der Waals surface area contributed by atoms with Gasteiger partial charge in [-0.2, -0.15) is 0 Å². The zero-order valence-corrected chi connectivity index (χ0v) is 11.7. The topological polar surface area (TPSA) is 55.2 Å². The predicted octanol–water partition coefficient (Wildman–Crippen LogP) is 4.33. The quantitative estimate of drug-likeness (QED) is 0.650. The Morgan fingerprint density at radius 2 is 1.80 bits per heavy atom. The third kappa shape index (κ3) is 3.15. The van der Waals surface area contributed by atoms with E-state index in [2.05, 4.69) is 36.5 Å².